The summed E-state index contributed by atoms with van der Waals surface area (Å²) in [5.41, 5.74) is 4.22. The van der Waals surface area contributed by atoms with Crippen molar-refractivity contribution in [3.8, 4) is 11.5 Å². The highest BCUT2D eigenvalue weighted by atomic mass is 32.2. The summed E-state index contributed by atoms with van der Waals surface area (Å²) >= 11 is 0. The minimum absolute atomic E-state index is 0.000858. The Bertz CT molecular complexity index is 1530. The van der Waals surface area contributed by atoms with Gasteiger partial charge in [-0.2, -0.15) is 4.31 Å². The lowest BCUT2D eigenvalue weighted by atomic mass is 9.83. The number of piperidine rings is 1. The number of aryl methyl sites for hydroxylation is 1. The topological polar surface area (TPSA) is 89.6 Å². The average molecular weight is 666 g/mol. The Morgan fingerprint density at radius 1 is 1.02 bits per heavy atom. The van der Waals surface area contributed by atoms with E-state index in [4.69, 9.17) is 18.9 Å². The maximum absolute atomic E-state index is 14.3. The summed E-state index contributed by atoms with van der Waals surface area (Å²) < 4.78 is 53.7. The quantitative estimate of drug-likeness (QED) is 0.205. The standard InChI is InChI=1S/C37H51N3O6S/c1-27(2)38-18-17-31-24-34(30-10-12-32(44-5)13-11-30)37(25-40(31)47(41,42)33-14-7-28(3)8-15-33)46-26-29-9-16-36-35(23-29)39(20-22-45-36)19-6-21-43-4/h7-16,23,27,31,34,37-38H,6,17-22,24-26H2,1-5H3/t31?,34?,37-/m0/s1. The Balaban J connectivity index is 1.43. The minimum Gasteiger partial charge on any atom is -0.497 e. The van der Waals surface area contributed by atoms with Crippen molar-refractivity contribution in [1.29, 1.82) is 0 Å². The normalized spacial score (nSPS) is 20.2. The third-order valence-corrected chi connectivity index (χ3v) is 11.1. The molecule has 10 heteroatoms. The molecule has 5 rings (SSSR count). The number of ether oxygens (including phenoxy) is 4. The zero-order chi connectivity index (χ0) is 33.4. The number of anilines is 1. The smallest absolute Gasteiger partial charge is 0.243 e. The monoisotopic (exact) mass is 665 g/mol. The molecule has 9 nitrogen and oxygen atoms in total. The third-order valence-electron chi connectivity index (χ3n) is 9.17. The van der Waals surface area contributed by atoms with E-state index in [1.807, 2.05) is 43.3 Å². The van der Waals surface area contributed by atoms with E-state index in [-0.39, 0.29) is 24.6 Å². The molecule has 2 unspecified atom stereocenters. The SMILES string of the molecule is COCCCN1CCOc2ccc(CO[C@H]3CN(S(=O)(=O)c4ccc(C)cc4)C(CCNC(C)C)CC3c3ccc(OC)cc3)cc21. The van der Waals surface area contributed by atoms with Gasteiger partial charge in [0, 0.05) is 44.8 Å². The van der Waals surface area contributed by atoms with Crippen LogP contribution in [0.2, 0.25) is 0 Å². The Hall–Kier alpha value is -3.15. The van der Waals surface area contributed by atoms with Gasteiger partial charge in [-0.25, -0.2) is 8.42 Å². The first-order valence-corrected chi connectivity index (χ1v) is 18.2. The summed E-state index contributed by atoms with van der Waals surface area (Å²) in [5.74, 6) is 1.66. The fourth-order valence-corrected chi connectivity index (χ4v) is 8.25. The predicted octanol–water partition coefficient (Wildman–Crippen LogP) is 5.76. The molecule has 0 radical (unpaired) electrons. The van der Waals surface area contributed by atoms with Crippen molar-refractivity contribution in [2.45, 2.75) is 75.6 Å². The number of nitrogens with zero attached hydrogens (tertiary/aromatic N) is 2. The predicted molar refractivity (Wildman–Crippen MR) is 186 cm³/mol. The molecule has 47 heavy (non-hydrogen) atoms. The van der Waals surface area contributed by atoms with E-state index in [0.29, 0.717) is 43.6 Å². The van der Waals surface area contributed by atoms with Crippen molar-refractivity contribution in [2.75, 3.05) is 58.5 Å². The molecule has 0 saturated carbocycles. The van der Waals surface area contributed by atoms with Gasteiger partial charge in [-0.1, -0.05) is 49.7 Å². The van der Waals surface area contributed by atoms with Crippen molar-refractivity contribution >= 4 is 15.7 Å². The summed E-state index contributed by atoms with van der Waals surface area (Å²) in [6, 6.07) is 21.6. The molecule has 2 aliphatic rings. The lowest BCUT2D eigenvalue weighted by molar-refractivity contribution is -0.0207. The molecule has 3 aromatic rings. The first kappa shape index (κ1) is 35.2. The van der Waals surface area contributed by atoms with Crippen molar-refractivity contribution in [3.63, 3.8) is 0 Å². The van der Waals surface area contributed by atoms with Crippen molar-refractivity contribution < 1.29 is 27.4 Å². The van der Waals surface area contributed by atoms with Gasteiger partial charge in [0.15, 0.2) is 0 Å². The second kappa shape index (κ2) is 16.3. The summed E-state index contributed by atoms with van der Waals surface area (Å²) in [6.45, 7) is 10.6. The molecular weight excluding hydrogens is 614 g/mol. The Morgan fingerprint density at radius 2 is 1.79 bits per heavy atom. The van der Waals surface area contributed by atoms with Crippen LogP contribution in [0.25, 0.3) is 0 Å². The van der Waals surface area contributed by atoms with Crippen molar-refractivity contribution in [2.24, 2.45) is 0 Å². The second-order valence-electron chi connectivity index (χ2n) is 12.9. The van der Waals surface area contributed by atoms with E-state index in [1.165, 1.54) is 0 Å². The van der Waals surface area contributed by atoms with Gasteiger partial charge in [0.2, 0.25) is 10.0 Å². The van der Waals surface area contributed by atoms with Gasteiger partial charge in [0.25, 0.3) is 0 Å². The zero-order valence-corrected chi connectivity index (χ0v) is 29.3. The Morgan fingerprint density at radius 3 is 2.49 bits per heavy atom. The van der Waals surface area contributed by atoms with Crippen LogP contribution in [0.15, 0.2) is 71.6 Å². The first-order valence-electron chi connectivity index (χ1n) is 16.8. The van der Waals surface area contributed by atoms with Gasteiger partial charge in [0.1, 0.15) is 18.1 Å². The van der Waals surface area contributed by atoms with Gasteiger partial charge in [0.05, 0.1) is 36.9 Å². The average Bonchev–Trinajstić information content (AvgIpc) is 3.07. The number of hydrogen-bond acceptors (Lipinski definition) is 8. The largest absolute Gasteiger partial charge is 0.497 e. The van der Waals surface area contributed by atoms with Crippen LogP contribution < -0.4 is 19.7 Å². The van der Waals surface area contributed by atoms with Gasteiger partial charge in [-0.3, -0.25) is 0 Å². The minimum atomic E-state index is -3.77. The molecule has 0 bridgehead atoms. The van der Waals surface area contributed by atoms with Gasteiger partial charge in [-0.05, 0) is 80.3 Å². The molecule has 2 heterocycles. The van der Waals surface area contributed by atoms with E-state index in [1.54, 1.807) is 30.7 Å². The van der Waals surface area contributed by atoms with Crippen LogP contribution in [0.1, 0.15) is 55.7 Å². The summed E-state index contributed by atoms with van der Waals surface area (Å²) in [4.78, 5) is 2.66. The summed E-state index contributed by atoms with van der Waals surface area (Å²) in [5, 5.41) is 3.49. The van der Waals surface area contributed by atoms with Crippen LogP contribution >= 0.6 is 0 Å². The molecular formula is C37H51N3O6S. The van der Waals surface area contributed by atoms with E-state index in [9.17, 15) is 8.42 Å². The van der Waals surface area contributed by atoms with Crippen molar-refractivity contribution in [3.05, 3.63) is 83.4 Å². The van der Waals surface area contributed by atoms with Crippen LogP contribution in [0.4, 0.5) is 5.69 Å². The van der Waals surface area contributed by atoms with Crippen LogP contribution in [-0.4, -0.2) is 84.5 Å². The highest BCUT2D eigenvalue weighted by Crippen LogP contribution is 2.39. The Kier molecular flexibility index (Phi) is 12.2. The summed E-state index contributed by atoms with van der Waals surface area (Å²) in [6.07, 6.45) is 1.92. The van der Waals surface area contributed by atoms with Gasteiger partial charge < -0.3 is 29.2 Å². The molecule has 3 atom stereocenters. The summed E-state index contributed by atoms with van der Waals surface area (Å²) in [7, 11) is -0.380. The van der Waals surface area contributed by atoms with E-state index in [0.717, 1.165) is 59.9 Å². The fraction of sp³-hybridized carbons (Fsp3) is 0.514. The number of rotatable bonds is 15. The molecule has 1 N–H and O–H groups in total. The second-order valence-corrected chi connectivity index (χ2v) is 14.8. The third kappa shape index (κ3) is 8.86. The fourth-order valence-electron chi connectivity index (χ4n) is 6.57. The molecule has 0 spiro atoms. The number of benzene rings is 3. The lowest BCUT2D eigenvalue weighted by Gasteiger charge is -2.43. The van der Waals surface area contributed by atoms with Gasteiger partial charge >= 0.3 is 0 Å². The molecule has 1 saturated heterocycles. The maximum Gasteiger partial charge on any atom is 0.243 e. The lowest BCUT2D eigenvalue weighted by Crippen LogP contribution is -2.53. The van der Waals surface area contributed by atoms with E-state index < -0.39 is 10.0 Å². The molecule has 0 amide bonds. The highest BCUT2D eigenvalue weighted by molar-refractivity contribution is 7.89. The number of sulfonamides is 1. The Labute approximate surface area is 281 Å². The first-order chi connectivity index (χ1) is 22.7. The number of methoxy groups -OCH3 is 2. The molecule has 0 aliphatic carbocycles. The number of nitrogens with one attached hydrogen (secondary N) is 1. The van der Waals surface area contributed by atoms with Crippen LogP contribution in [0, 0.1) is 6.92 Å². The number of fused-ring (bicyclic) bond motifs is 1. The molecule has 0 aromatic heterocycles. The zero-order valence-electron chi connectivity index (χ0n) is 28.5. The van der Waals surface area contributed by atoms with Crippen LogP contribution in [0.3, 0.4) is 0 Å². The van der Waals surface area contributed by atoms with Crippen molar-refractivity contribution in [1.82, 2.24) is 9.62 Å². The maximum atomic E-state index is 14.3. The molecule has 256 valence electrons. The van der Waals surface area contributed by atoms with Crippen LogP contribution in [0.5, 0.6) is 11.5 Å². The van der Waals surface area contributed by atoms with Crippen LogP contribution in [-0.2, 0) is 26.1 Å². The van der Waals surface area contributed by atoms with E-state index >= 15 is 0 Å². The number of hydrogen-bond donors (Lipinski definition) is 1. The molecule has 2 aliphatic heterocycles. The van der Waals surface area contributed by atoms with Gasteiger partial charge in [-0.15, -0.1) is 0 Å². The molecule has 3 aromatic carbocycles. The van der Waals surface area contributed by atoms with E-state index in [2.05, 4.69) is 42.3 Å². The molecule has 1 fully saturated rings. The highest BCUT2D eigenvalue weighted by Gasteiger charge is 2.42.